The van der Waals surface area contributed by atoms with E-state index in [0.717, 1.165) is 0 Å². The fourth-order valence-electron chi connectivity index (χ4n) is 2.04. The first-order chi connectivity index (χ1) is 11.7. The van der Waals surface area contributed by atoms with Gasteiger partial charge in [-0.15, -0.1) is 0 Å². The van der Waals surface area contributed by atoms with Crippen molar-refractivity contribution in [3.8, 4) is 0 Å². The van der Waals surface area contributed by atoms with Crippen LogP contribution >= 0.6 is 0 Å². The van der Waals surface area contributed by atoms with Crippen molar-refractivity contribution in [3.63, 3.8) is 0 Å². The molecular weight excluding hydrogens is 336 g/mol. The predicted octanol–water partition coefficient (Wildman–Crippen LogP) is -0.778. The van der Waals surface area contributed by atoms with E-state index in [-0.39, 0.29) is 13.0 Å². The zero-order valence-corrected chi connectivity index (χ0v) is 13.7. The number of H-pyrrole nitrogens is 1. The van der Waals surface area contributed by atoms with Crippen LogP contribution in [0.25, 0.3) is 10.4 Å². The fraction of sp³-hybridized carbons (Fsp3) is 0.615. The van der Waals surface area contributed by atoms with Gasteiger partial charge in [-0.05, 0) is 19.4 Å². The standard InChI is InChI=1S/C10H13N5O4.C3H7NO2/c1-5-3-15(10(18)12-9(5)17)8-2-6(13-14-11)7(4-16)19-8;1-2(4)3(5)6/h3,6-8,16H,2,4H2,1H3,(H,12,17,18);2H,4H2,1H3,(H,5,6)/t6-,7+,8+;2-/m00/s1. The average molecular weight is 356 g/mol. The number of ether oxygens (including phenoxy) is 1. The Morgan fingerprint density at radius 3 is 2.72 bits per heavy atom. The number of carbonyl (C=O) groups is 1. The first-order valence-electron chi connectivity index (χ1n) is 7.32. The van der Waals surface area contributed by atoms with Gasteiger partial charge in [0.1, 0.15) is 12.3 Å². The highest BCUT2D eigenvalue weighted by Crippen LogP contribution is 2.29. The van der Waals surface area contributed by atoms with Crippen molar-refractivity contribution < 1.29 is 19.7 Å². The van der Waals surface area contributed by atoms with E-state index in [4.69, 9.17) is 26.2 Å². The van der Waals surface area contributed by atoms with Gasteiger partial charge in [0.05, 0.1) is 18.8 Å². The number of aromatic amines is 1. The Morgan fingerprint density at radius 1 is 1.64 bits per heavy atom. The summed E-state index contributed by atoms with van der Waals surface area (Å²) >= 11 is 0. The lowest BCUT2D eigenvalue weighted by atomic mass is 10.1. The number of nitrogens with zero attached hydrogens (tertiary/aromatic N) is 4. The van der Waals surface area contributed by atoms with Crippen LogP contribution < -0.4 is 17.0 Å². The first kappa shape index (κ1) is 20.4. The summed E-state index contributed by atoms with van der Waals surface area (Å²) in [5, 5.41) is 20.5. The third-order valence-corrected chi connectivity index (χ3v) is 3.43. The van der Waals surface area contributed by atoms with Gasteiger partial charge in [0.15, 0.2) is 0 Å². The maximum Gasteiger partial charge on any atom is 0.330 e. The van der Waals surface area contributed by atoms with Gasteiger partial charge in [0.2, 0.25) is 0 Å². The number of azide groups is 1. The lowest BCUT2D eigenvalue weighted by molar-refractivity contribution is -0.138. The van der Waals surface area contributed by atoms with Crippen molar-refractivity contribution in [2.75, 3.05) is 6.61 Å². The van der Waals surface area contributed by atoms with E-state index in [9.17, 15) is 14.4 Å². The quantitative estimate of drug-likeness (QED) is 0.308. The number of aromatic nitrogens is 2. The number of nitrogens with two attached hydrogens (primary N) is 1. The Bertz CT molecular complexity index is 765. The molecule has 1 aliphatic rings. The molecular formula is C13H20N6O6. The number of aliphatic carboxylic acids is 1. The lowest BCUT2D eigenvalue weighted by Crippen LogP contribution is -2.33. The highest BCUT2D eigenvalue weighted by Gasteiger charge is 2.35. The van der Waals surface area contributed by atoms with Gasteiger partial charge in [0.25, 0.3) is 5.56 Å². The number of rotatable bonds is 4. The second-order valence-corrected chi connectivity index (χ2v) is 5.43. The minimum absolute atomic E-state index is 0.265. The number of aliphatic hydroxyl groups excluding tert-OH is 1. The zero-order valence-electron chi connectivity index (χ0n) is 13.7. The van der Waals surface area contributed by atoms with Crippen molar-refractivity contribution in [1.29, 1.82) is 0 Å². The maximum absolute atomic E-state index is 11.7. The van der Waals surface area contributed by atoms with E-state index in [2.05, 4.69) is 15.0 Å². The number of carboxylic acids is 1. The van der Waals surface area contributed by atoms with Crippen LogP contribution in [0.1, 0.15) is 25.1 Å². The summed E-state index contributed by atoms with van der Waals surface area (Å²) < 4.78 is 6.69. The zero-order chi connectivity index (χ0) is 19.1. The van der Waals surface area contributed by atoms with Crippen LogP contribution in [0.2, 0.25) is 0 Å². The first-order valence-corrected chi connectivity index (χ1v) is 7.32. The molecule has 0 spiro atoms. The highest BCUT2D eigenvalue weighted by molar-refractivity contribution is 5.72. The molecule has 1 fully saturated rings. The topological polar surface area (TPSA) is 196 Å². The molecule has 0 unspecified atom stereocenters. The van der Waals surface area contributed by atoms with E-state index >= 15 is 0 Å². The number of nitrogens with one attached hydrogen (secondary N) is 1. The number of aryl methyl sites for hydroxylation is 1. The monoisotopic (exact) mass is 356 g/mol. The molecule has 0 bridgehead atoms. The SMILES string of the molecule is C[C@H](N)C(=O)O.Cc1cn([C@H]2C[C@H](N=[N+]=[N-])[C@@H](CO)O2)c(=O)[nH]c1=O. The number of carboxylic acid groups (broad SMARTS) is 1. The molecule has 12 nitrogen and oxygen atoms in total. The van der Waals surface area contributed by atoms with E-state index in [1.807, 2.05) is 0 Å². The van der Waals surface area contributed by atoms with Crippen molar-refractivity contribution in [1.82, 2.24) is 9.55 Å². The van der Waals surface area contributed by atoms with Crippen LogP contribution in [-0.2, 0) is 9.53 Å². The summed E-state index contributed by atoms with van der Waals surface area (Å²) in [7, 11) is 0. The molecule has 2 heterocycles. The molecule has 1 aliphatic heterocycles. The van der Waals surface area contributed by atoms with Crippen molar-refractivity contribution in [2.24, 2.45) is 10.8 Å². The van der Waals surface area contributed by atoms with Crippen LogP contribution in [0, 0.1) is 6.92 Å². The minimum atomic E-state index is -0.963. The predicted molar refractivity (Wildman–Crippen MR) is 85.9 cm³/mol. The number of aliphatic hydroxyl groups is 1. The number of hydrogen-bond acceptors (Lipinski definition) is 7. The lowest BCUT2D eigenvalue weighted by Gasteiger charge is -2.14. The Hall–Kier alpha value is -2.66. The van der Waals surface area contributed by atoms with Crippen molar-refractivity contribution in [2.45, 2.75) is 44.7 Å². The summed E-state index contributed by atoms with van der Waals surface area (Å²) in [6.45, 7) is 2.68. The third-order valence-electron chi connectivity index (χ3n) is 3.43. The summed E-state index contributed by atoms with van der Waals surface area (Å²) in [5.41, 5.74) is 12.6. The molecule has 138 valence electrons. The number of hydrogen-bond donors (Lipinski definition) is 4. The molecule has 1 aromatic heterocycles. The van der Waals surface area contributed by atoms with E-state index in [1.165, 1.54) is 17.7 Å². The smallest absolute Gasteiger partial charge is 0.330 e. The maximum atomic E-state index is 11.7. The minimum Gasteiger partial charge on any atom is -0.480 e. The molecule has 0 saturated carbocycles. The van der Waals surface area contributed by atoms with Crippen LogP contribution in [0.5, 0.6) is 0 Å². The van der Waals surface area contributed by atoms with Crippen molar-refractivity contribution >= 4 is 5.97 Å². The van der Waals surface area contributed by atoms with E-state index < -0.39 is 41.6 Å². The highest BCUT2D eigenvalue weighted by atomic mass is 16.5. The van der Waals surface area contributed by atoms with Gasteiger partial charge in [-0.3, -0.25) is 19.1 Å². The Morgan fingerprint density at radius 2 is 2.24 bits per heavy atom. The van der Waals surface area contributed by atoms with E-state index in [0.29, 0.717) is 5.56 Å². The van der Waals surface area contributed by atoms with Crippen LogP contribution in [0.4, 0.5) is 0 Å². The molecule has 0 radical (unpaired) electrons. The van der Waals surface area contributed by atoms with E-state index in [1.54, 1.807) is 6.92 Å². The van der Waals surface area contributed by atoms with Gasteiger partial charge < -0.3 is 20.7 Å². The second kappa shape index (κ2) is 8.99. The summed E-state index contributed by atoms with van der Waals surface area (Å²) in [4.78, 5) is 37.4. The molecule has 5 N–H and O–H groups in total. The molecule has 2 rings (SSSR count). The van der Waals surface area contributed by atoms with Crippen LogP contribution in [-0.4, -0.2) is 50.5 Å². The molecule has 4 atom stereocenters. The normalized spacial score (nSPS) is 23.1. The Labute approximate surface area is 141 Å². The summed E-state index contributed by atoms with van der Waals surface area (Å²) in [6.07, 6.45) is 0.329. The Balaban J connectivity index is 0.000000450. The van der Waals surface area contributed by atoms with Crippen LogP contribution in [0.3, 0.4) is 0 Å². The van der Waals surface area contributed by atoms with Gasteiger partial charge in [0, 0.05) is 23.1 Å². The molecule has 0 amide bonds. The Kier molecular flexibility index (Phi) is 7.33. The van der Waals surface area contributed by atoms with Gasteiger partial charge in [-0.25, -0.2) is 4.79 Å². The molecule has 1 saturated heterocycles. The molecule has 1 aromatic rings. The molecule has 0 aromatic carbocycles. The van der Waals surface area contributed by atoms with Crippen molar-refractivity contribution in [3.05, 3.63) is 43.0 Å². The fourth-order valence-corrected chi connectivity index (χ4v) is 2.04. The largest absolute Gasteiger partial charge is 0.480 e. The average Bonchev–Trinajstić information content (AvgIpc) is 2.94. The van der Waals surface area contributed by atoms with Crippen LogP contribution in [0.15, 0.2) is 20.9 Å². The summed E-state index contributed by atoms with van der Waals surface area (Å²) in [5.74, 6) is -0.963. The van der Waals surface area contributed by atoms with Gasteiger partial charge >= 0.3 is 11.7 Å². The molecule has 12 heteroatoms. The summed E-state index contributed by atoms with van der Waals surface area (Å²) in [6, 6.07) is -1.27. The van der Waals surface area contributed by atoms with Gasteiger partial charge in [-0.2, -0.15) is 0 Å². The molecule has 25 heavy (non-hydrogen) atoms. The third kappa shape index (κ3) is 5.43. The second-order valence-electron chi connectivity index (χ2n) is 5.43. The molecule has 0 aliphatic carbocycles. The van der Waals surface area contributed by atoms with Gasteiger partial charge in [-0.1, -0.05) is 5.11 Å².